The molecule has 0 radical (unpaired) electrons. The number of nitrogens with zero attached hydrogens (tertiary/aromatic N) is 4. The summed E-state index contributed by atoms with van der Waals surface area (Å²) in [5.41, 5.74) is 4.81. The minimum absolute atomic E-state index is 0. The van der Waals surface area contributed by atoms with Crippen molar-refractivity contribution in [3.05, 3.63) is 129 Å². The summed E-state index contributed by atoms with van der Waals surface area (Å²) in [6.45, 7) is 0. The minimum atomic E-state index is 0. The van der Waals surface area contributed by atoms with Gasteiger partial charge < -0.3 is 17.4 Å². The summed E-state index contributed by atoms with van der Waals surface area (Å²) in [6, 6.07) is 33.8. The van der Waals surface area contributed by atoms with Crippen molar-refractivity contribution >= 4 is 0 Å². The van der Waals surface area contributed by atoms with Crippen LogP contribution in [-0.4, -0.2) is 19.7 Å². The first kappa shape index (κ1) is 23.9. The van der Waals surface area contributed by atoms with E-state index >= 15 is 0 Å². The molecule has 0 aliphatic rings. The van der Waals surface area contributed by atoms with Crippen molar-refractivity contribution < 1.29 is 20.1 Å². The van der Waals surface area contributed by atoms with Gasteiger partial charge in [0.05, 0.1) is 0 Å². The molecule has 0 saturated carbocycles. The minimum Gasteiger partial charge on any atom is -0.358 e. The van der Waals surface area contributed by atoms with Crippen LogP contribution in [0.3, 0.4) is 0 Å². The quantitative estimate of drug-likeness (QED) is 0.256. The number of benzene rings is 2. The molecule has 0 fully saturated rings. The number of aromatic nitrogens is 4. The third-order valence-electron chi connectivity index (χ3n) is 4.12. The molecule has 0 amide bonds. The van der Waals surface area contributed by atoms with Crippen molar-refractivity contribution in [2.24, 2.45) is 0 Å². The molecule has 0 bridgehead atoms. The van der Waals surface area contributed by atoms with Gasteiger partial charge in [-0.25, -0.2) is 0 Å². The summed E-state index contributed by atoms with van der Waals surface area (Å²) in [5, 5.41) is 4.19. The standard InChI is InChI=1S/C14H10N3.C11H8N.CH3.Ir/c1-2-8-15-14(7-1)12-5-3-6-13(11-12)17-10-4-9-16-17;1-2-6-10(7-3-1)11-8-4-5-9-12-11;;/h1-10H;1-6,8-9H;1H3;/q3*-1;+3. The Morgan fingerprint density at radius 1 is 0.645 bits per heavy atom. The molecule has 0 aliphatic heterocycles. The normalized spacial score (nSPS) is 9.42. The molecule has 4 nitrogen and oxygen atoms in total. The van der Waals surface area contributed by atoms with Gasteiger partial charge in [-0.15, -0.1) is 65.7 Å². The largest absolute Gasteiger partial charge is 3.00 e. The molecule has 0 saturated heterocycles. The van der Waals surface area contributed by atoms with E-state index in [1.807, 2.05) is 91.1 Å². The van der Waals surface area contributed by atoms with Gasteiger partial charge in [-0.2, -0.15) is 5.10 Å². The predicted molar refractivity (Wildman–Crippen MR) is 121 cm³/mol. The fourth-order valence-corrected chi connectivity index (χ4v) is 2.75. The maximum absolute atomic E-state index is 4.31. The Morgan fingerprint density at radius 2 is 1.32 bits per heavy atom. The van der Waals surface area contributed by atoms with Crippen LogP contribution in [-0.2, 0) is 20.1 Å². The molecule has 0 N–H and O–H groups in total. The molecular weight excluding hydrogens is 561 g/mol. The van der Waals surface area contributed by atoms with E-state index in [2.05, 4.69) is 27.2 Å². The molecule has 2 aromatic carbocycles. The molecule has 0 spiro atoms. The molecule has 0 atom stereocenters. The average Bonchev–Trinajstić information content (AvgIpc) is 3.37. The molecule has 5 aromatic rings. The molecule has 3 heterocycles. The van der Waals surface area contributed by atoms with Crippen LogP contribution >= 0.6 is 0 Å². The van der Waals surface area contributed by atoms with Gasteiger partial charge in [0.2, 0.25) is 0 Å². The maximum atomic E-state index is 4.31. The van der Waals surface area contributed by atoms with E-state index < -0.39 is 0 Å². The number of hydrogen-bond donors (Lipinski definition) is 0. The van der Waals surface area contributed by atoms with Gasteiger partial charge in [-0.05, 0) is 35.3 Å². The van der Waals surface area contributed by atoms with Gasteiger partial charge in [-0.1, -0.05) is 24.3 Å². The second kappa shape index (κ2) is 12.3. The Labute approximate surface area is 197 Å². The van der Waals surface area contributed by atoms with Crippen LogP contribution in [0.15, 0.2) is 110 Å². The van der Waals surface area contributed by atoms with Gasteiger partial charge in [0.25, 0.3) is 0 Å². The van der Waals surface area contributed by atoms with Gasteiger partial charge in [0, 0.05) is 24.8 Å². The van der Waals surface area contributed by atoms with E-state index in [0.29, 0.717) is 0 Å². The zero-order valence-corrected chi connectivity index (χ0v) is 19.4. The second-order valence-corrected chi connectivity index (χ2v) is 6.11. The molecule has 5 rings (SSSR count). The first-order chi connectivity index (χ1) is 14.4. The molecule has 0 unspecified atom stereocenters. The first-order valence-corrected chi connectivity index (χ1v) is 9.22. The summed E-state index contributed by atoms with van der Waals surface area (Å²) in [7, 11) is 0. The van der Waals surface area contributed by atoms with Crippen LogP contribution in [0.4, 0.5) is 0 Å². The van der Waals surface area contributed by atoms with E-state index in [4.69, 9.17) is 0 Å². The van der Waals surface area contributed by atoms with E-state index in [1.165, 1.54) is 0 Å². The summed E-state index contributed by atoms with van der Waals surface area (Å²) >= 11 is 0. The van der Waals surface area contributed by atoms with E-state index in [0.717, 1.165) is 28.2 Å². The zero-order valence-electron chi connectivity index (χ0n) is 17.0. The third-order valence-corrected chi connectivity index (χ3v) is 4.12. The summed E-state index contributed by atoms with van der Waals surface area (Å²) < 4.78 is 1.78. The second-order valence-electron chi connectivity index (χ2n) is 6.11. The fraction of sp³-hybridized carbons (Fsp3) is 0. The molecular formula is C26H21IrN4. The van der Waals surface area contributed by atoms with E-state index in [-0.39, 0.29) is 27.5 Å². The van der Waals surface area contributed by atoms with Gasteiger partial charge in [-0.3, -0.25) is 4.68 Å². The van der Waals surface area contributed by atoms with Gasteiger partial charge in [0.1, 0.15) is 0 Å². The molecule has 0 aliphatic carbocycles. The topological polar surface area (TPSA) is 43.6 Å². The number of hydrogen-bond acceptors (Lipinski definition) is 3. The van der Waals surface area contributed by atoms with Crippen LogP contribution in [0.1, 0.15) is 0 Å². The van der Waals surface area contributed by atoms with Crippen LogP contribution in [0, 0.1) is 19.6 Å². The van der Waals surface area contributed by atoms with Crippen molar-refractivity contribution in [1.29, 1.82) is 0 Å². The molecule has 31 heavy (non-hydrogen) atoms. The smallest absolute Gasteiger partial charge is 0.358 e. The fourth-order valence-electron chi connectivity index (χ4n) is 2.75. The van der Waals surface area contributed by atoms with Crippen LogP contribution in [0.25, 0.3) is 28.2 Å². The Balaban J connectivity index is 0.000000218. The predicted octanol–water partition coefficient (Wildman–Crippen LogP) is 5.73. The number of pyridine rings is 2. The van der Waals surface area contributed by atoms with Crippen molar-refractivity contribution in [2.45, 2.75) is 0 Å². The van der Waals surface area contributed by atoms with Crippen molar-refractivity contribution in [3.8, 4) is 28.2 Å². The summed E-state index contributed by atoms with van der Waals surface area (Å²) in [5.74, 6) is 0. The van der Waals surface area contributed by atoms with Crippen molar-refractivity contribution in [2.75, 3.05) is 0 Å². The SMILES string of the molecule is [CH3-].[Ir+3].[c-]1c(-c2ccccn2)cccc1-n1cccn1.[c-]1ccccc1-c1ccccn1. The van der Waals surface area contributed by atoms with E-state index in [9.17, 15) is 0 Å². The summed E-state index contributed by atoms with van der Waals surface area (Å²) in [4.78, 5) is 8.53. The van der Waals surface area contributed by atoms with Crippen molar-refractivity contribution in [1.82, 2.24) is 19.7 Å². The molecule has 3 aromatic heterocycles. The van der Waals surface area contributed by atoms with Crippen LogP contribution in [0.2, 0.25) is 0 Å². The average molecular weight is 582 g/mol. The van der Waals surface area contributed by atoms with Crippen molar-refractivity contribution in [3.63, 3.8) is 0 Å². The van der Waals surface area contributed by atoms with Gasteiger partial charge in [0.15, 0.2) is 0 Å². The number of rotatable bonds is 3. The van der Waals surface area contributed by atoms with Crippen LogP contribution in [0.5, 0.6) is 0 Å². The summed E-state index contributed by atoms with van der Waals surface area (Å²) in [6.07, 6.45) is 7.22. The first-order valence-electron chi connectivity index (χ1n) is 9.22. The Bertz CT molecular complexity index is 1090. The van der Waals surface area contributed by atoms with Crippen LogP contribution < -0.4 is 0 Å². The Hall–Kier alpha value is -3.40. The van der Waals surface area contributed by atoms with E-state index in [1.54, 1.807) is 23.3 Å². The zero-order chi connectivity index (χ0) is 19.7. The third kappa shape index (κ3) is 6.54. The molecule has 5 heteroatoms. The monoisotopic (exact) mass is 582 g/mol. The Kier molecular flexibility index (Phi) is 9.50. The molecule has 154 valence electrons. The maximum Gasteiger partial charge on any atom is 3.00 e. The Morgan fingerprint density at radius 3 is 1.90 bits per heavy atom. The van der Waals surface area contributed by atoms with Gasteiger partial charge >= 0.3 is 20.1 Å².